The average Bonchev–Trinajstić information content (AvgIpc) is 3.31. The number of carboxylic acid groups (broad SMARTS) is 1. The van der Waals surface area contributed by atoms with Crippen LogP contribution in [0.25, 0.3) is 11.3 Å². The lowest BCUT2D eigenvalue weighted by atomic mass is 9.94. The Hall–Kier alpha value is -4.99. The van der Waals surface area contributed by atoms with Crippen LogP contribution >= 0.6 is 11.8 Å². The molecule has 0 saturated carbocycles. The van der Waals surface area contributed by atoms with Crippen LogP contribution < -0.4 is 21.9 Å². The van der Waals surface area contributed by atoms with Crippen molar-refractivity contribution in [2.45, 2.75) is 68.4 Å². The van der Waals surface area contributed by atoms with Gasteiger partial charge in [0.05, 0.1) is 12.2 Å². The first kappa shape index (κ1) is 35.3. The number of hydrogen-bond acceptors (Lipinski definition) is 10. The number of nitrogens with zero attached hydrogens (tertiary/aromatic N) is 3. The quantitative estimate of drug-likeness (QED) is 0.183. The zero-order valence-electron chi connectivity index (χ0n) is 27.2. The molecule has 49 heavy (non-hydrogen) atoms. The van der Waals surface area contributed by atoms with E-state index < -0.39 is 57.5 Å². The summed E-state index contributed by atoms with van der Waals surface area (Å²) in [5, 5.41) is 18.9. The number of phenols is 1. The van der Waals surface area contributed by atoms with Crippen LogP contribution in [-0.4, -0.2) is 83.3 Å². The monoisotopic (exact) mass is 690 g/mol. The Morgan fingerprint density at radius 2 is 1.67 bits per heavy atom. The van der Waals surface area contributed by atoms with Crippen molar-refractivity contribution in [2.75, 3.05) is 11.4 Å². The fourth-order valence-corrected chi connectivity index (χ4v) is 7.93. The Balaban J connectivity index is 1.43. The van der Waals surface area contributed by atoms with E-state index in [1.54, 1.807) is 44.2 Å². The minimum atomic E-state index is -1.24. The molecule has 2 aliphatic rings. The van der Waals surface area contributed by atoms with Gasteiger partial charge >= 0.3 is 5.97 Å². The summed E-state index contributed by atoms with van der Waals surface area (Å²) < 4.78 is -0.845. The van der Waals surface area contributed by atoms with Crippen molar-refractivity contribution in [1.29, 1.82) is 0 Å². The third-order valence-electron chi connectivity index (χ3n) is 8.71. The molecule has 4 amide bonds. The number of phenolic OH excluding ortho intramolecular Hbond substituents is 1. The van der Waals surface area contributed by atoms with Crippen LogP contribution in [0, 0.1) is 0 Å². The predicted molar refractivity (Wildman–Crippen MR) is 182 cm³/mol. The lowest BCUT2D eigenvalue weighted by Gasteiger charge is -2.48. The largest absolute Gasteiger partial charge is 0.508 e. The number of fused-ring (bicyclic) bond motifs is 1. The van der Waals surface area contributed by atoms with Crippen molar-refractivity contribution in [3.63, 3.8) is 0 Å². The van der Waals surface area contributed by atoms with Crippen molar-refractivity contribution in [2.24, 2.45) is 11.5 Å². The third-order valence-corrected chi connectivity index (χ3v) is 10.3. The van der Waals surface area contributed by atoms with E-state index in [0.29, 0.717) is 35.5 Å². The average molecular weight is 691 g/mol. The minimum Gasteiger partial charge on any atom is -0.508 e. The van der Waals surface area contributed by atoms with E-state index in [-0.39, 0.29) is 30.2 Å². The number of imide groups is 1. The highest BCUT2D eigenvalue weighted by Crippen LogP contribution is 2.52. The fourth-order valence-electron chi connectivity index (χ4n) is 6.23. The first-order valence-electron chi connectivity index (χ1n) is 15.6. The summed E-state index contributed by atoms with van der Waals surface area (Å²) in [4.78, 5) is 84.3. The molecule has 3 heterocycles. The number of carbonyl (C=O) groups is 5. The van der Waals surface area contributed by atoms with Crippen molar-refractivity contribution in [3.8, 4) is 17.0 Å². The molecule has 2 aliphatic heterocycles. The molecule has 2 saturated heterocycles. The first-order chi connectivity index (χ1) is 23.2. The summed E-state index contributed by atoms with van der Waals surface area (Å²) in [6, 6.07) is 11.9. The summed E-state index contributed by atoms with van der Waals surface area (Å²) in [6.45, 7) is 4.76. The number of nitrogens with two attached hydrogens (primary N) is 2. The van der Waals surface area contributed by atoms with Crippen LogP contribution in [0.3, 0.4) is 0 Å². The summed E-state index contributed by atoms with van der Waals surface area (Å²) in [5.74, 6) is -3.21. The van der Waals surface area contributed by atoms with Crippen molar-refractivity contribution in [1.82, 2.24) is 14.8 Å². The zero-order valence-corrected chi connectivity index (χ0v) is 28.0. The number of aromatic nitrogens is 1. The minimum absolute atomic E-state index is 0.0252. The van der Waals surface area contributed by atoms with E-state index in [1.807, 2.05) is 0 Å². The lowest BCUT2D eigenvalue weighted by molar-refractivity contribution is -0.169. The second-order valence-electron chi connectivity index (χ2n) is 12.5. The second-order valence-corrected chi connectivity index (χ2v) is 14.3. The Morgan fingerprint density at radius 3 is 2.24 bits per heavy atom. The fraction of sp³-hybridized carbons (Fsp3) is 0.353. The van der Waals surface area contributed by atoms with Gasteiger partial charge in [0, 0.05) is 29.3 Å². The highest BCUT2D eigenvalue weighted by molar-refractivity contribution is 8.01. The van der Waals surface area contributed by atoms with Crippen molar-refractivity contribution < 1.29 is 34.2 Å². The van der Waals surface area contributed by atoms with Crippen LogP contribution in [0.1, 0.15) is 50.8 Å². The van der Waals surface area contributed by atoms with Crippen LogP contribution in [0.15, 0.2) is 65.5 Å². The third kappa shape index (κ3) is 6.82. The van der Waals surface area contributed by atoms with E-state index in [4.69, 9.17) is 11.5 Å². The number of rotatable bonds is 11. The van der Waals surface area contributed by atoms with Crippen LogP contribution in [0.5, 0.6) is 5.75 Å². The van der Waals surface area contributed by atoms with Gasteiger partial charge in [-0.2, -0.15) is 0 Å². The molecule has 14 nitrogen and oxygen atoms in total. The maximum atomic E-state index is 14.0. The number of aromatic amines is 1. The maximum absolute atomic E-state index is 14.0. The van der Waals surface area contributed by atoms with Gasteiger partial charge in [0.2, 0.25) is 23.6 Å². The molecule has 0 radical (unpaired) electrons. The molecule has 4 atom stereocenters. The number of aromatic hydroxyl groups is 1. The number of carboxylic acids is 1. The van der Waals surface area contributed by atoms with E-state index >= 15 is 0 Å². The number of aliphatic carboxylic acids is 1. The Kier molecular flexibility index (Phi) is 9.99. The summed E-state index contributed by atoms with van der Waals surface area (Å²) in [5.41, 5.74) is 13.2. The number of thioether (sulfide) groups is 1. The maximum Gasteiger partial charge on any atom is 0.327 e. The van der Waals surface area contributed by atoms with E-state index in [9.17, 15) is 39.0 Å². The van der Waals surface area contributed by atoms with E-state index in [2.05, 4.69) is 4.98 Å². The molecule has 7 N–H and O–H groups in total. The number of benzene rings is 2. The summed E-state index contributed by atoms with van der Waals surface area (Å²) in [7, 11) is 0. The number of carbonyl (C=O) groups excluding carboxylic acids is 4. The van der Waals surface area contributed by atoms with Gasteiger partial charge in [0.25, 0.3) is 5.56 Å². The molecule has 258 valence electrons. The number of hydrogen-bond donors (Lipinski definition) is 5. The molecular weight excluding hydrogens is 652 g/mol. The van der Waals surface area contributed by atoms with Gasteiger partial charge in [-0.15, -0.1) is 11.8 Å². The van der Waals surface area contributed by atoms with Gasteiger partial charge in [0.1, 0.15) is 29.2 Å². The number of β-lactam (4-membered cyclic amide) rings is 1. The first-order valence-corrected chi connectivity index (χ1v) is 16.5. The smallest absolute Gasteiger partial charge is 0.327 e. The number of H-pyrrole nitrogens is 1. The lowest BCUT2D eigenvalue weighted by Crippen LogP contribution is -2.71. The summed E-state index contributed by atoms with van der Waals surface area (Å²) in [6.07, 6.45) is 0.557. The molecule has 15 heteroatoms. The molecule has 0 bridgehead atoms. The van der Waals surface area contributed by atoms with E-state index in [0.717, 1.165) is 4.90 Å². The van der Waals surface area contributed by atoms with Gasteiger partial charge in [0.15, 0.2) is 0 Å². The van der Waals surface area contributed by atoms with Crippen molar-refractivity contribution >= 4 is 47.0 Å². The number of pyridine rings is 1. The highest BCUT2D eigenvalue weighted by Gasteiger charge is 2.66. The molecule has 3 aromatic rings. The predicted octanol–water partition coefficient (Wildman–Crippen LogP) is 1.91. The number of amides is 4. The summed E-state index contributed by atoms with van der Waals surface area (Å²) >= 11 is 1.27. The molecule has 0 aliphatic carbocycles. The molecule has 5 rings (SSSR count). The van der Waals surface area contributed by atoms with Crippen molar-refractivity contribution in [3.05, 3.63) is 82.1 Å². The number of nitrogens with one attached hydrogen (secondary N) is 1. The highest BCUT2D eigenvalue weighted by atomic mass is 32.2. The molecule has 1 unspecified atom stereocenters. The second kappa shape index (κ2) is 13.9. The van der Waals surface area contributed by atoms with Gasteiger partial charge in [-0.1, -0.05) is 24.3 Å². The van der Waals surface area contributed by atoms with Gasteiger partial charge in [-0.25, -0.2) is 4.79 Å². The Morgan fingerprint density at radius 1 is 1.02 bits per heavy atom. The molecule has 0 spiro atoms. The standard InChI is InChI=1S/C34H38N6O8S/c1-18(41)39(25(43)5-4-16-35)22-11-6-19(7-12-22)24-15-10-21(29(44)37-24)17-38(30(45)26(36)20-8-13-23(42)14-9-20)27-31(46)40-28(33(47)48)34(2,3)49-32(27)40/h6-15,26-28,32,42H,4-5,16-17,35-36H2,1-3H3,(H,37,44)(H,47,48)/t26?,27-,28+,32-/m1/s1. The number of anilines is 1. The van der Waals surface area contributed by atoms with Crippen LogP contribution in [0.4, 0.5) is 5.69 Å². The van der Waals surface area contributed by atoms with Gasteiger partial charge in [-0.05, 0) is 74.3 Å². The molecular formula is C34H38N6O8S. The Bertz CT molecular complexity index is 1840. The van der Waals surface area contributed by atoms with Crippen LogP contribution in [-0.2, 0) is 30.5 Å². The molecule has 2 fully saturated rings. The molecule has 1 aromatic heterocycles. The zero-order chi connectivity index (χ0) is 35.8. The molecule has 2 aromatic carbocycles. The normalized spacial score (nSPS) is 19.8. The Labute approximate surface area is 286 Å². The van der Waals surface area contributed by atoms with Gasteiger partial charge in [-0.3, -0.25) is 28.9 Å². The van der Waals surface area contributed by atoms with E-state index in [1.165, 1.54) is 58.8 Å². The topological polar surface area (TPSA) is 220 Å². The van der Waals surface area contributed by atoms with Gasteiger partial charge < -0.3 is 36.5 Å². The van der Waals surface area contributed by atoms with Crippen LogP contribution in [0.2, 0.25) is 0 Å². The SMILES string of the molecule is CC(=O)N(C(=O)CCCN)c1ccc(-c2ccc(CN(C(=O)C(N)c3ccc(O)cc3)[C@@H]3C(=O)N4[C@@H]3SC(C)(C)[C@@H]4C(=O)O)c(=O)[nH]2)cc1.